The van der Waals surface area contributed by atoms with Crippen LogP contribution < -0.4 is 10.1 Å². The lowest BCUT2D eigenvalue weighted by Gasteiger charge is -2.09. The van der Waals surface area contributed by atoms with Gasteiger partial charge in [0.1, 0.15) is 23.9 Å². The van der Waals surface area contributed by atoms with Crippen molar-refractivity contribution in [1.82, 2.24) is 5.32 Å². The molecule has 114 valence electrons. The summed E-state index contributed by atoms with van der Waals surface area (Å²) in [5.74, 6) is 1.38. The van der Waals surface area contributed by atoms with Gasteiger partial charge in [0, 0.05) is 11.6 Å². The zero-order chi connectivity index (χ0) is 15.2. The van der Waals surface area contributed by atoms with Crippen molar-refractivity contribution in [2.45, 2.75) is 27.0 Å². The largest absolute Gasteiger partial charge is 0.489 e. The lowest BCUT2D eigenvalue weighted by molar-refractivity contribution is 0.299. The average Bonchev–Trinajstić information content (AvgIpc) is 2.87. The van der Waals surface area contributed by atoms with Crippen LogP contribution in [-0.2, 0) is 13.2 Å². The van der Waals surface area contributed by atoms with E-state index in [2.05, 4.69) is 19.2 Å². The predicted octanol–water partition coefficient (Wildman–Crippen LogP) is 4.40. The second-order valence-corrected chi connectivity index (χ2v) is 5.67. The summed E-state index contributed by atoms with van der Waals surface area (Å²) >= 11 is 5.63. The van der Waals surface area contributed by atoms with E-state index in [0.29, 0.717) is 24.8 Å². The topological polar surface area (TPSA) is 34.4 Å². The summed E-state index contributed by atoms with van der Waals surface area (Å²) in [7, 11) is 0. The van der Waals surface area contributed by atoms with Gasteiger partial charge in [-0.25, -0.2) is 4.39 Å². The smallest absolute Gasteiger partial charge is 0.145 e. The van der Waals surface area contributed by atoms with Crippen LogP contribution in [0.4, 0.5) is 4.39 Å². The Balaban J connectivity index is 1.91. The first-order valence-corrected chi connectivity index (χ1v) is 7.28. The third kappa shape index (κ3) is 4.76. The fraction of sp³-hybridized carbons (Fsp3) is 0.375. The molecule has 21 heavy (non-hydrogen) atoms. The van der Waals surface area contributed by atoms with Crippen LogP contribution in [-0.4, -0.2) is 6.54 Å². The van der Waals surface area contributed by atoms with E-state index in [1.165, 1.54) is 12.1 Å². The highest BCUT2D eigenvalue weighted by atomic mass is 35.5. The van der Waals surface area contributed by atoms with Crippen LogP contribution in [0.15, 0.2) is 34.9 Å². The molecule has 0 bridgehead atoms. The van der Waals surface area contributed by atoms with E-state index in [1.54, 1.807) is 12.3 Å². The van der Waals surface area contributed by atoms with Crippen LogP contribution in [0.1, 0.15) is 25.2 Å². The summed E-state index contributed by atoms with van der Waals surface area (Å²) in [6, 6.07) is 6.26. The first-order chi connectivity index (χ1) is 10.1. The fourth-order valence-electron chi connectivity index (χ4n) is 1.85. The molecule has 3 nitrogen and oxygen atoms in total. The predicted molar refractivity (Wildman–Crippen MR) is 81.0 cm³/mol. The Hall–Kier alpha value is -1.52. The van der Waals surface area contributed by atoms with Crippen molar-refractivity contribution in [2.75, 3.05) is 6.54 Å². The van der Waals surface area contributed by atoms with Crippen LogP contribution in [0, 0.1) is 11.7 Å². The van der Waals surface area contributed by atoms with Gasteiger partial charge in [-0.15, -0.1) is 0 Å². The lowest BCUT2D eigenvalue weighted by atomic mass is 10.2. The molecule has 0 unspecified atom stereocenters. The van der Waals surface area contributed by atoms with Crippen LogP contribution in [0.25, 0.3) is 0 Å². The summed E-state index contributed by atoms with van der Waals surface area (Å²) in [6.07, 6.45) is 1.63. The molecule has 0 saturated carbocycles. The average molecular weight is 312 g/mol. The Morgan fingerprint density at radius 3 is 2.86 bits per heavy atom. The van der Waals surface area contributed by atoms with E-state index in [4.69, 9.17) is 20.8 Å². The maximum Gasteiger partial charge on any atom is 0.145 e. The molecule has 2 rings (SSSR count). The summed E-state index contributed by atoms with van der Waals surface area (Å²) in [6.45, 7) is 6.20. The number of benzene rings is 1. The zero-order valence-corrected chi connectivity index (χ0v) is 12.9. The van der Waals surface area contributed by atoms with Gasteiger partial charge in [0.25, 0.3) is 0 Å². The summed E-state index contributed by atoms with van der Waals surface area (Å²) in [4.78, 5) is 0. The van der Waals surface area contributed by atoms with Gasteiger partial charge in [0.15, 0.2) is 0 Å². The normalized spacial score (nSPS) is 11.1. The molecule has 1 aromatic carbocycles. The van der Waals surface area contributed by atoms with E-state index in [9.17, 15) is 4.39 Å². The van der Waals surface area contributed by atoms with E-state index < -0.39 is 5.82 Å². The summed E-state index contributed by atoms with van der Waals surface area (Å²) < 4.78 is 24.3. The standard InChI is InChI=1S/C16H19ClFNO2/c1-11(2)8-19-9-16-12(5-6-20-16)10-21-13-3-4-14(17)15(18)7-13/h3-7,11,19H,8-10H2,1-2H3. The van der Waals surface area contributed by atoms with Gasteiger partial charge in [-0.1, -0.05) is 25.4 Å². The molecule has 1 aromatic heterocycles. The van der Waals surface area contributed by atoms with Gasteiger partial charge in [-0.05, 0) is 30.7 Å². The second-order valence-electron chi connectivity index (χ2n) is 5.26. The minimum Gasteiger partial charge on any atom is -0.489 e. The molecule has 0 aliphatic heterocycles. The van der Waals surface area contributed by atoms with Crippen LogP contribution in [0.5, 0.6) is 5.75 Å². The molecule has 0 aliphatic carbocycles. The van der Waals surface area contributed by atoms with Crippen molar-refractivity contribution in [2.24, 2.45) is 5.92 Å². The molecule has 0 aliphatic rings. The lowest BCUT2D eigenvalue weighted by Crippen LogP contribution is -2.19. The molecule has 0 saturated heterocycles. The maximum absolute atomic E-state index is 13.3. The third-order valence-corrected chi connectivity index (χ3v) is 3.27. The van der Waals surface area contributed by atoms with Gasteiger partial charge in [0.2, 0.25) is 0 Å². The van der Waals surface area contributed by atoms with Crippen LogP contribution in [0.2, 0.25) is 5.02 Å². The minimum absolute atomic E-state index is 0.0873. The monoisotopic (exact) mass is 311 g/mol. The Kier molecular flexibility index (Phi) is 5.65. The summed E-state index contributed by atoms with van der Waals surface area (Å²) in [5, 5.41) is 3.40. The van der Waals surface area contributed by atoms with Gasteiger partial charge >= 0.3 is 0 Å². The van der Waals surface area contributed by atoms with Gasteiger partial charge in [-0.2, -0.15) is 0 Å². The highest BCUT2D eigenvalue weighted by Gasteiger charge is 2.08. The Morgan fingerprint density at radius 2 is 2.14 bits per heavy atom. The molecule has 1 N–H and O–H groups in total. The van der Waals surface area contributed by atoms with Crippen molar-refractivity contribution in [3.05, 3.63) is 52.7 Å². The molecule has 0 amide bonds. The zero-order valence-electron chi connectivity index (χ0n) is 12.2. The SMILES string of the molecule is CC(C)CNCc1occc1COc1ccc(Cl)c(F)c1. The van der Waals surface area contributed by atoms with Crippen LogP contribution in [0.3, 0.4) is 0 Å². The second kappa shape index (κ2) is 7.48. The van der Waals surface area contributed by atoms with Crippen molar-refractivity contribution in [3.8, 4) is 5.75 Å². The molecule has 2 aromatic rings. The van der Waals surface area contributed by atoms with Crippen molar-refractivity contribution in [3.63, 3.8) is 0 Å². The number of hydrogen-bond donors (Lipinski definition) is 1. The molecule has 0 fully saturated rings. The van der Waals surface area contributed by atoms with Gasteiger partial charge in [0.05, 0.1) is 17.8 Å². The minimum atomic E-state index is -0.486. The number of ether oxygens (including phenoxy) is 1. The molecular weight excluding hydrogens is 293 g/mol. The van der Waals surface area contributed by atoms with E-state index >= 15 is 0 Å². The Labute approximate surface area is 129 Å². The van der Waals surface area contributed by atoms with Gasteiger partial charge in [-0.3, -0.25) is 0 Å². The molecule has 5 heteroatoms. The van der Waals surface area contributed by atoms with Gasteiger partial charge < -0.3 is 14.5 Å². The molecule has 0 atom stereocenters. The quantitative estimate of drug-likeness (QED) is 0.823. The number of halogens is 2. The van der Waals surface area contributed by atoms with Crippen LogP contribution >= 0.6 is 11.6 Å². The molecule has 0 spiro atoms. The third-order valence-electron chi connectivity index (χ3n) is 2.96. The van der Waals surface area contributed by atoms with E-state index in [-0.39, 0.29) is 5.02 Å². The Bertz CT molecular complexity index is 583. The van der Waals surface area contributed by atoms with Crippen molar-refractivity contribution < 1.29 is 13.5 Å². The first kappa shape index (κ1) is 15.9. The van der Waals surface area contributed by atoms with E-state index in [0.717, 1.165) is 17.9 Å². The van der Waals surface area contributed by atoms with Crippen molar-refractivity contribution in [1.29, 1.82) is 0 Å². The number of furan rings is 1. The number of nitrogens with one attached hydrogen (secondary N) is 1. The molecular formula is C16H19ClFNO2. The summed E-state index contributed by atoms with van der Waals surface area (Å²) in [5.41, 5.74) is 0.946. The fourth-order valence-corrected chi connectivity index (χ4v) is 1.97. The van der Waals surface area contributed by atoms with Crippen molar-refractivity contribution >= 4 is 11.6 Å². The molecule has 0 radical (unpaired) electrons. The van der Waals surface area contributed by atoms with E-state index in [1.807, 2.05) is 6.07 Å². The highest BCUT2D eigenvalue weighted by molar-refractivity contribution is 6.30. The molecule has 1 heterocycles. The highest BCUT2D eigenvalue weighted by Crippen LogP contribution is 2.22. The number of rotatable bonds is 7. The number of hydrogen-bond acceptors (Lipinski definition) is 3. The maximum atomic E-state index is 13.3. The first-order valence-electron chi connectivity index (χ1n) is 6.90. The Morgan fingerprint density at radius 1 is 1.33 bits per heavy atom.